The van der Waals surface area contributed by atoms with Crippen molar-refractivity contribution in [1.82, 2.24) is 9.13 Å². The third-order valence-electron chi connectivity index (χ3n) is 3.39. The maximum atomic E-state index is 12.2. The van der Waals surface area contributed by atoms with Crippen LogP contribution in [0.25, 0.3) is 0 Å². The van der Waals surface area contributed by atoms with Crippen molar-refractivity contribution in [3.8, 4) is 0 Å². The molecule has 0 aliphatic heterocycles. The van der Waals surface area contributed by atoms with Crippen LogP contribution in [0.5, 0.6) is 0 Å². The molecular formula is C16H18N2O3. The first kappa shape index (κ1) is 15.0. The van der Waals surface area contributed by atoms with Crippen LogP contribution < -0.4 is 11.2 Å². The highest BCUT2D eigenvalue weighted by Crippen LogP contribution is 2.04. The van der Waals surface area contributed by atoms with E-state index in [1.54, 1.807) is 13.1 Å². The molecule has 0 aliphatic rings. The molecule has 0 saturated carbocycles. The molecule has 110 valence electrons. The van der Waals surface area contributed by atoms with Gasteiger partial charge in [0.05, 0.1) is 6.54 Å². The van der Waals surface area contributed by atoms with Gasteiger partial charge in [-0.25, -0.2) is 4.79 Å². The summed E-state index contributed by atoms with van der Waals surface area (Å²) in [6, 6.07) is 9.55. The minimum atomic E-state index is -0.355. The molecule has 1 aromatic heterocycles. The van der Waals surface area contributed by atoms with Gasteiger partial charge in [-0.05, 0) is 12.0 Å². The summed E-state index contributed by atoms with van der Waals surface area (Å²) in [5.41, 5.74) is 0.768. The first-order chi connectivity index (χ1) is 10.0. The fourth-order valence-corrected chi connectivity index (χ4v) is 2.22. The van der Waals surface area contributed by atoms with E-state index in [9.17, 15) is 14.4 Å². The smallest absolute Gasteiger partial charge is 0.303 e. The highest BCUT2D eigenvalue weighted by molar-refractivity contribution is 5.53. The van der Waals surface area contributed by atoms with E-state index >= 15 is 0 Å². The number of carbonyl (C=O) groups is 1. The topological polar surface area (TPSA) is 61.1 Å². The monoisotopic (exact) mass is 286 g/mol. The van der Waals surface area contributed by atoms with E-state index in [-0.39, 0.29) is 17.2 Å². The predicted molar refractivity (Wildman–Crippen MR) is 80.4 cm³/mol. The number of nitrogens with zero attached hydrogens (tertiary/aromatic N) is 2. The molecule has 21 heavy (non-hydrogen) atoms. The summed E-state index contributed by atoms with van der Waals surface area (Å²) in [6.07, 6.45) is 2.72. The van der Waals surface area contributed by atoms with E-state index in [2.05, 4.69) is 0 Å². The normalized spacial score (nSPS) is 12.1. The van der Waals surface area contributed by atoms with Gasteiger partial charge < -0.3 is 4.79 Å². The number of hydrogen-bond donors (Lipinski definition) is 0. The van der Waals surface area contributed by atoms with E-state index < -0.39 is 0 Å². The van der Waals surface area contributed by atoms with Gasteiger partial charge in [0.2, 0.25) is 0 Å². The van der Waals surface area contributed by atoms with Gasteiger partial charge in [0.25, 0.3) is 5.56 Å². The van der Waals surface area contributed by atoms with Crippen molar-refractivity contribution in [3.63, 3.8) is 0 Å². The maximum absolute atomic E-state index is 12.2. The summed E-state index contributed by atoms with van der Waals surface area (Å²) in [4.78, 5) is 35.0. The van der Waals surface area contributed by atoms with Gasteiger partial charge in [-0.2, -0.15) is 0 Å². The lowest BCUT2D eigenvalue weighted by Gasteiger charge is -2.11. The minimum absolute atomic E-state index is 0.250. The first-order valence-electron chi connectivity index (χ1n) is 6.81. The molecule has 1 aromatic carbocycles. The molecule has 0 aliphatic carbocycles. The molecule has 0 radical (unpaired) electrons. The van der Waals surface area contributed by atoms with Gasteiger partial charge in [0.15, 0.2) is 0 Å². The lowest BCUT2D eigenvalue weighted by atomic mass is 10.1. The summed E-state index contributed by atoms with van der Waals surface area (Å²) < 4.78 is 2.60. The van der Waals surface area contributed by atoms with E-state index in [0.29, 0.717) is 18.5 Å². The standard InChI is InChI=1S/C16H18N2O3/c1-12(11-19)8-14-10-18(16(21)17(2)15(14)20)9-13-6-4-3-5-7-13/h3-7,10-12H,8-9H2,1-2H3. The Morgan fingerprint density at radius 3 is 2.48 bits per heavy atom. The third-order valence-corrected chi connectivity index (χ3v) is 3.39. The largest absolute Gasteiger partial charge is 0.331 e. The van der Waals surface area contributed by atoms with Gasteiger partial charge in [-0.3, -0.25) is 13.9 Å². The fourth-order valence-electron chi connectivity index (χ4n) is 2.22. The number of benzene rings is 1. The van der Waals surface area contributed by atoms with Crippen LogP contribution >= 0.6 is 0 Å². The highest BCUT2D eigenvalue weighted by Gasteiger charge is 2.11. The summed E-state index contributed by atoms with van der Waals surface area (Å²) in [6.45, 7) is 2.15. The van der Waals surface area contributed by atoms with Crippen LogP contribution in [0.2, 0.25) is 0 Å². The van der Waals surface area contributed by atoms with Crippen LogP contribution in [0.3, 0.4) is 0 Å². The molecule has 0 spiro atoms. The zero-order valence-corrected chi connectivity index (χ0v) is 12.2. The Kier molecular flexibility index (Phi) is 4.52. The molecule has 1 atom stereocenters. The van der Waals surface area contributed by atoms with Crippen molar-refractivity contribution in [1.29, 1.82) is 0 Å². The number of carbonyl (C=O) groups excluding carboxylic acids is 1. The van der Waals surface area contributed by atoms with E-state index in [4.69, 9.17) is 0 Å². The molecule has 0 saturated heterocycles. The lowest BCUT2D eigenvalue weighted by molar-refractivity contribution is -0.110. The van der Waals surface area contributed by atoms with E-state index in [1.807, 2.05) is 30.3 Å². The Hall–Kier alpha value is -2.43. The molecule has 0 fully saturated rings. The Bertz CT molecular complexity index is 744. The quantitative estimate of drug-likeness (QED) is 0.770. The Morgan fingerprint density at radius 2 is 1.86 bits per heavy atom. The van der Waals surface area contributed by atoms with Crippen molar-refractivity contribution < 1.29 is 4.79 Å². The van der Waals surface area contributed by atoms with E-state index in [0.717, 1.165) is 16.4 Å². The summed E-state index contributed by atoms with van der Waals surface area (Å²) in [5, 5.41) is 0. The lowest BCUT2D eigenvalue weighted by Crippen LogP contribution is -2.40. The van der Waals surface area contributed by atoms with Gasteiger partial charge in [0.1, 0.15) is 6.29 Å². The summed E-state index contributed by atoms with van der Waals surface area (Å²) >= 11 is 0. The molecule has 5 nitrogen and oxygen atoms in total. The van der Waals surface area contributed by atoms with Gasteiger partial charge >= 0.3 is 5.69 Å². The second-order valence-corrected chi connectivity index (χ2v) is 5.23. The van der Waals surface area contributed by atoms with E-state index in [1.165, 1.54) is 11.6 Å². The molecule has 0 amide bonds. The average molecular weight is 286 g/mol. The summed E-state index contributed by atoms with van der Waals surface area (Å²) in [5.74, 6) is -0.250. The van der Waals surface area contributed by atoms with Crippen molar-refractivity contribution in [2.45, 2.75) is 19.9 Å². The predicted octanol–water partition coefficient (Wildman–Crippen LogP) is 0.973. The van der Waals surface area contributed by atoms with Crippen molar-refractivity contribution in [2.24, 2.45) is 13.0 Å². The number of aromatic nitrogens is 2. The molecule has 1 heterocycles. The van der Waals surface area contributed by atoms with Crippen molar-refractivity contribution in [2.75, 3.05) is 0 Å². The maximum Gasteiger partial charge on any atom is 0.331 e. The van der Waals surface area contributed by atoms with Crippen molar-refractivity contribution >= 4 is 6.29 Å². The highest BCUT2D eigenvalue weighted by atomic mass is 16.2. The second kappa shape index (κ2) is 6.35. The number of aldehydes is 1. The van der Waals surface area contributed by atoms with Gasteiger partial charge in [-0.15, -0.1) is 0 Å². The minimum Gasteiger partial charge on any atom is -0.303 e. The van der Waals surface area contributed by atoms with Crippen LogP contribution in [-0.2, 0) is 24.8 Å². The fraction of sp³-hybridized carbons (Fsp3) is 0.312. The number of rotatable bonds is 5. The first-order valence-corrected chi connectivity index (χ1v) is 6.81. The SMILES string of the molecule is CC(C=O)Cc1cn(Cc2ccccc2)c(=O)n(C)c1=O. The van der Waals surface area contributed by atoms with Crippen LogP contribution in [0.15, 0.2) is 46.1 Å². The molecule has 2 aromatic rings. The zero-order valence-electron chi connectivity index (χ0n) is 12.2. The zero-order chi connectivity index (χ0) is 15.4. The van der Waals surface area contributed by atoms with Crippen LogP contribution in [0, 0.1) is 5.92 Å². The molecule has 5 heteroatoms. The molecule has 0 bridgehead atoms. The van der Waals surface area contributed by atoms with Gasteiger partial charge in [-0.1, -0.05) is 37.3 Å². The third kappa shape index (κ3) is 3.37. The Balaban J connectivity index is 2.44. The molecule has 2 rings (SSSR count). The second-order valence-electron chi connectivity index (χ2n) is 5.23. The molecule has 0 N–H and O–H groups in total. The van der Waals surface area contributed by atoms with Crippen LogP contribution in [0.1, 0.15) is 18.1 Å². The molecular weight excluding hydrogens is 268 g/mol. The van der Waals surface area contributed by atoms with Crippen molar-refractivity contribution in [3.05, 3.63) is 68.5 Å². The average Bonchev–Trinajstić information content (AvgIpc) is 2.50. The Labute approximate surface area is 122 Å². The summed E-state index contributed by atoms with van der Waals surface area (Å²) in [7, 11) is 1.46. The number of hydrogen-bond acceptors (Lipinski definition) is 3. The van der Waals surface area contributed by atoms with Crippen LogP contribution in [0.4, 0.5) is 0 Å². The van der Waals surface area contributed by atoms with Crippen LogP contribution in [-0.4, -0.2) is 15.4 Å². The van der Waals surface area contributed by atoms with Gasteiger partial charge in [0, 0.05) is 24.7 Å². The molecule has 1 unspecified atom stereocenters. The Morgan fingerprint density at radius 1 is 1.19 bits per heavy atom.